The fourth-order valence-electron chi connectivity index (χ4n) is 1.75. The number of thiazole rings is 2. The van der Waals surface area contributed by atoms with E-state index in [4.69, 9.17) is 4.98 Å². The molecule has 2 aromatic heterocycles. The summed E-state index contributed by atoms with van der Waals surface area (Å²) in [5, 5.41) is 4.69. The van der Waals surface area contributed by atoms with Gasteiger partial charge in [-0.15, -0.1) is 22.7 Å². The molecule has 5 heteroatoms. The highest BCUT2D eigenvalue weighted by Crippen LogP contribution is 2.31. The SMILES string of the molecule is CCc1nc(-c2cncs2)sc1CNC1CC1. The van der Waals surface area contributed by atoms with Gasteiger partial charge in [0, 0.05) is 23.7 Å². The van der Waals surface area contributed by atoms with Crippen molar-refractivity contribution in [3.63, 3.8) is 0 Å². The molecule has 3 nitrogen and oxygen atoms in total. The van der Waals surface area contributed by atoms with E-state index in [1.165, 1.54) is 28.3 Å². The van der Waals surface area contributed by atoms with Crippen molar-refractivity contribution in [2.24, 2.45) is 0 Å². The highest BCUT2D eigenvalue weighted by Gasteiger charge is 2.21. The Labute approximate surface area is 109 Å². The number of hydrogen-bond donors (Lipinski definition) is 1. The molecular weight excluding hydrogens is 250 g/mol. The smallest absolute Gasteiger partial charge is 0.135 e. The number of nitrogens with zero attached hydrogens (tertiary/aromatic N) is 2. The predicted molar refractivity (Wildman–Crippen MR) is 72.5 cm³/mol. The lowest BCUT2D eigenvalue weighted by Crippen LogP contribution is -2.15. The van der Waals surface area contributed by atoms with Crippen molar-refractivity contribution >= 4 is 22.7 Å². The van der Waals surface area contributed by atoms with E-state index in [0.29, 0.717) is 0 Å². The van der Waals surface area contributed by atoms with Crippen LogP contribution in [0.4, 0.5) is 0 Å². The summed E-state index contributed by atoms with van der Waals surface area (Å²) in [6.07, 6.45) is 5.59. The topological polar surface area (TPSA) is 37.8 Å². The standard InChI is InChI=1S/C12H15N3S2/c1-2-9-10(6-14-8-3-4-8)17-12(15-9)11-5-13-7-16-11/h5,7-8,14H,2-4,6H2,1H3. The summed E-state index contributed by atoms with van der Waals surface area (Å²) in [6.45, 7) is 3.15. The average molecular weight is 265 g/mol. The summed E-state index contributed by atoms with van der Waals surface area (Å²) in [4.78, 5) is 11.4. The molecule has 1 N–H and O–H groups in total. The Balaban J connectivity index is 1.81. The van der Waals surface area contributed by atoms with Crippen LogP contribution < -0.4 is 5.32 Å². The molecule has 1 saturated carbocycles. The fraction of sp³-hybridized carbons (Fsp3) is 0.500. The van der Waals surface area contributed by atoms with Gasteiger partial charge in [0.25, 0.3) is 0 Å². The number of nitrogens with one attached hydrogen (secondary N) is 1. The van der Waals surface area contributed by atoms with Crippen LogP contribution in [0.15, 0.2) is 11.7 Å². The molecule has 0 spiro atoms. The van der Waals surface area contributed by atoms with Gasteiger partial charge in [0.2, 0.25) is 0 Å². The molecule has 0 amide bonds. The van der Waals surface area contributed by atoms with E-state index < -0.39 is 0 Å². The van der Waals surface area contributed by atoms with Gasteiger partial charge in [-0.2, -0.15) is 0 Å². The molecule has 0 atom stereocenters. The first-order valence-electron chi connectivity index (χ1n) is 5.97. The molecule has 2 heterocycles. The monoisotopic (exact) mass is 265 g/mol. The molecule has 1 aliphatic rings. The predicted octanol–water partition coefficient (Wildman–Crippen LogP) is 3.08. The summed E-state index contributed by atoms with van der Waals surface area (Å²) in [7, 11) is 0. The van der Waals surface area contributed by atoms with Gasteiger partial charge in [0.15, 0.2) is 0 Å². The van der Waals surface area contributed by atoms with Gasteiger partial charge in [0.1, 0.15) is 5.01 Å². The maximum Gasteiger partial charge on any atom is 0.135 e. The lowest BCUT2D eigenvalue weighted by atomic mass is 10.3. The van der Waals surface area contributed by atoms with E-state index in [1.54, 1.807) is 11.3 Å². The second-order valence-corrected chi connectivity index (χ2v) is 6.23. The summed E-state index contributed by atoms with van der Waals surface area (Å²) in [5.41, 5.74) is 3.11. The highest BCUT2D eigenvalue weighted by molar-refractivity contribution is 7.20. The van der Waals surface area contributed by atoms with Crippen molar-refractivity contribution in [3.8, 4) is 9.88 Å². The molecule has 3 rings (SSSR count). The zero-order valence-corrected chi connectivity index (χ0v) is 11.4. The summed E-state index contributed by atoms with van der Waals surface area (Å²) in [5.74, 6) is 0. The van der Waals surface area contributed by atoms with Crippen LogP contribution in [0.2, 0.25) is 0 Å². The lowest BCUT2D eigenvalue weighted by Gasteiger charge is -2.00. The van der Waals surface area contributed by atoms with Crippen LogP contribution in [-0.2, 0) is 13.0 Å². The van der Waals surface area contributed by atoms with Crippen LogP contribution in [0.5, 0.6) is 0 Å². The molecule has 1 fully saturated rings. The molecule has 0 aromatic carbocycles. The maximum atomic E-state index is 4.72. The van der Waals surface area contributed by atoms with Crippen LogP contribution >= 0.6 is 22.7 Å². The summed E-state index contributed by atoms with van der Waals surface area (Å²) in [6, 6.07) is 0.758. The number of aryl methyl sites for hydroxylation is 1. The minimum absolute atomic E-state index is 0.758. The van der Waals surface area contributed by atoms with Crippen molar-refractivity contribution in [1.82, 2.24) is 15.3 Å². The first-order valence-corrected chi connectivity index (χ1v) is 7.67. The van der Waals surface area contributed by atoms with E-state index in [-0.39, 0.29) is 0 Å². The first-order chi connectivity index (χ1) is 8.36. The maximum absolute atomic E-state index is 4.72. The average Bonchev–Trinajstić information content (AvgIpc) is 2.88. The molecule has 0 saturated heterocycles. The van der Waals surface area contributed by atoms with Crippen molar-refractivity contribution in [2.45, 2.75) is 38.8 Å². The van der Waals surface area contributed by atoms with Gasteiger partial charge < -0.3 is 5.32 Å². The van der Waals surface area contributed by atoms with E-state index in [2.05, 4.69) is 17.2 Å². The Morgan fingerprint density at radius 3 is 3.00 bits per heavy atom. The Morgan fingerprint density at radius 2 is 2.35 bits per heavy atom. The van der Waals surface area contributed by atoms with Gasteiger partial charge in [-0.3, -0.25) is 4.98 Å². The van der Waals surface area contributed by atoms with Gasteiger partial charge >= 0.3 is 0 Å². The zero-order valence-electron chi connectivity index (χ0n) is 9.77. The quantitative estimate of drug-likeness (QED) is 0.903. The van der Waals surface area contributed by atoms with Crippen molar-refractivity contribution in [2.75, 3.05) is 0 Å². The third kappa shape index (κ3) is 2.56. The van der Waals surface area contributed by atoms with Gasteiger partial charge in [-0.05, 0) is 19.3 Å². The van der Waals surface area contributed by atoms with E-state index in [1.807, 2.05) is 23.0 Å². The third-order valence-electron chi connectivity index (χ3n) is 2.88. The van der Waals surface area contributed by atoms with Crippen LogP contribution in [0, 0.1) is 0 Å². The highest BCUT2D eigenvalue weighted by atomic mass is 32.1. The second-order valence-electron chi connectivity index (χ2n) is 4.26. The largest absolute Gasteiger partial charge is 0.309 e. The molecule has 0 radical (unpaired) electrons. The molecule has 0 aliphatic heterocycles. The van der Waals surface area contributed by atoms with Crippen LogP contribution in [0.1, 0.15) is 30.3 Å². The summed E-state index contributed by atoms with van der Waals surface area (Å²) >= 11 is 3.47. The van der Waals surface area contributed by atoms with E-state index in [9.17, 15) is 0 Å². The number of aromatic nitrogens is 2. The van der Waals surface area contributed by atoms with Gasteiger partial charge in [0.05, 0.1) is 16.1 Å². The third-order valence-corrected chi connectivity index (χ3v) is 4.92. The number of hydrogen-bond acceptors (Lipinski definition) is 5. The molecule has 0 unspecified atom stereocenters. The van der Waals surface area contributed by atoms with Gasteiger partial charge in [-0.25, -0.2) is 4.98 Å². The second kappa shape index (κ2) is 4.84. The molecule has 2 aromatic rings. The number of rotatable bonds is 5. The van der Waals surface area contributed by atoms with Crippen LogP contribution in [-0.4, -0.2) is 16.0 Å². The lowest BCUT2D eigenvalue weighted by molar-refractivity contribution is 0.689. The van der Waals surface area contributed by atoms with Crippen LogP contribution in [0.25, 0.3) is 9.88 Å². The van der Waals surface area contributed by atoms with Crippen molar-refractivity contribution < 1.29 is 0 Å². The molecule has 1 aliphatic carbocycles. The zero-order chi connectivity index (χ0) is 11.7. The molecule has 17 heavy (non-hydrogen) atoms. The summed E-state index contributed by atoms with van der Waals surface area (Å²) < 4.78 is 0. The van der Waals surface area contributed by atoms with Crippen LogP contribution in [0.3, 0.4) is 0 Å². The fourth-order valence-corrected chi connectivity index (χ4v) is 3.53. The Morgan fingerprint density at radius 1 is 1.47 bits per heavy atom. The Hall–Kier alpha value is -0.780. The minimum Gasteiger partial charge on any atom is -0.309 e. The normalized spacial score (nSPS) is 15.4. The molecular formula is C12H15N3S2. The molecule has 90 valence electrons. The van der Waals surface area contributed by atoms with Crippen molar-refractivity contribution in [1.29, 1.82) is 0 Å². The molecule has 0 bridgehead atoms. The van der Waals surface area contributed by atoms with Gasteiger partial charge in [-0.1, -0.05) is 6.92 Å². The Bertz CT molecular complexity index is 486. The minimum atomic E-state index is 0.758. The first kappa shape index (κ1) is 11.3. The van der Waals surface area contributed by atoms with E-state index >= 15 is 0 Å². The van der Waals surface area contributed by atoms with Crippen molar-refractivity contribution in [3.05, 3.63) is 22.3 Å². The van der Waals surface area contributed by atoms with E-state index in [0.717, 1.165) is 24.0 Å². The Kier molecular flexibility index (Phi) is 3.22.